The van der Waals surface area contributed by atoms with Gasteiger partial charge in [0.05, 0.1) is 17.6 Å². The molecule has 20 heavy (non-hydrogen) atoms. The molecule has 0 amide bonds. The molecule has 0 saturated carbocycles. The molecular formula is C15H20O4S. The first kappa shape index (κ1) is 15.2. The highest BCUT2D eigenvalue weighted by Gasteiger charge is 2.39. The van der Waals surface area contributed by atoms with Crippen molar-refractivity contribution in [2.24, 2.45) is 0 Å². The Kier molecular flexibility index (Phi) is 4.96. The van der Waals surface area contributed by atoms with Gasteiger partial charge in [0.25, 0.3) is 10.1 Å². The van der Waals surface area contributed by atoms with E-state index in [0.29, 0.717) is 0 Å². The zero-order chi connectivity index (χ0) is 14.6. The predicted octanol–water partition coefficient (Wildman–Crippen LogP) is 2.82. The van der Waals surface area contributed by atoms with Crippen LogP contribution in [0.1, 0.15) is 25.3 Å². The van der Waals surface area contributed by atoms with E-state index >= 15 is 0 Å². The standard InChI is InChI=1S/C15H20O4S/c1-3-4-5-6-14-15(19-14)11-18-20(16,17)13-9-7-12(2)8-10-13/h4-5,7-10,14-15H,3,6,11H2,1-2H3/b5-4-/t14-,15+/m0/s1. The number of ether oxygens (including phenoxy) is 1. The molecular weight excluding hydrogens is 276 g/mol. The van der Waals surface area contributed by atoms with Crippen molar-refractivity contribution in [3.63, 3.8) is 0 Å². The molecule has 2 atom stereocenters. The van der Waals surface area contributed by atoms with Crippen molar-refractivity contribution in [1.29, 1.82) is 0 Å². The van der Waals surface area contributed by atoms with Crippen LogP contribution in [0, 0.1) is 6.92 Å². The third-order valence-electron chi connectivity index (χ3n) is 3.16. The van der Waals surface area contributed by atoms with E-state index in [2.05, 4.69) is 19.1 Å². The highest BCUT2D eigenvalue weighted by Crippen LogP contribution is 2.27. The van der Waals surface area contributed by atoms with Gasteiger partial charge in [-0.3, -0.25) is 4.18 Å². The normalized spacial score (nSPS) is 22.3. The van der Waals surface area contributed by atoms with Crippen molar-refractivity contribution in [3.8, 4) is 0 Å². The quantitative estimate of drug-likeness (QED) is 0.441. The van der Waals surface area contributed by atoms with Crippen LogP contribution >= 0.6 is 0 Å². The van der Waals surface area contributed by atoms with Crippen LogP contribution in [0.3, 0.4) is 0 Å². The lowest BCUT2D eigenvalue weighted by Gasteiger charge is -2.04. The molecule has 2 rings (SSSR count). The Bertz CT molecular complexity index is 560. The summed E-state index contributed by atoms with van der Waals surface area (Å²) in [7, 11) is -3.68. The van der Waals surface area contributed by atoms with Crippen LogP contribution in [0.4, 0.5) is 0 Å². The summed E-state index contributed by atoms with van der Waals surface area (Å²) >= 11 is 0. The summed E-state index contributed by atoms with van der Waals surface area (Å²) in [6, 6.07) is 6.62. The lowest BCUT2D eigenvalue weighted by atomic mass is 10.2. The van der Waals surface area contributed by atoms with Gasteiger partial charge in [0.1, 0.15) is 6.10 Å². The van der Waals surface area contributed by atoms with E-state index in [-0.39, 0.29) is 23.7 Å². The molecule has 5 heteroatoms. The zero-order valence-corrected chi connectivity index (χ0v) is 12.6. The van der Waals surface area contributed by atoms with Gasteiger partial charge in [0.15, 0.2) is 0 Å². The Hall–Kier alpha value is -1.17. The number of hydrogen-bond donors (Lipinski definition) is 0. The van der Waals surface area contributed by atoms with Gasteiger partial charge in [-0.1, -0.05) is 36.8 Å². The van der Waals surface area contributed by atoms with Crippen molar-refractivity contribution in [1.82, 2.24) is 0 Å². The monoisotopic (exact) mass is 296 g/mol. The molecule has 0 N–H and O–H groups in total. The van der Waals surface area contributed by atoms with E-state index in [0.717, 1.165) is 18.4 Å². The molecule has 1 fully saturated rings. The van der Waals surface area contributed by atoms with Crippen molar-refractivity contribution >= 4 is 10.1 Å². The van der Waals surface area contributed by atoms with E-state index in [1.807, 2.05) is 6.92 Å². The molecule has 110 valence electrons. The molecule has 0 aliphatic carbocycles. The van der Waals surface area contributed by atoms with Crippen LogP contribution in [-0.4, -0.2) is 27.2 Å². The molecule has 1 aromatic rings. The van der Waals surface area contributed by atoms with Gasteiger partial charge in [-0.15, -0.1) is 0 Å². The number of rotatable bonds is 7. The molecule has 1 heterocycles. The van der Waals surface area contributed by atoms with Gasteiger partial charge in [-0.05, 0) is 31.9 Å². The molecule has 0 spiro atoms. The summed E-state index contributed by atoms with van der Waals surface area (Å²) in [4.78, 5) is 0.186. The van der Waals surface area contributed by atoms with Crippen LogP contribution in [0.5, 0.6) is 0 Å². The lowest BCUT2D eigenvalue weighted by Crippen LogP contribution is -2.12. The van der Waals surface area contributed by atoms with Crippen LogP contribution in [0.2, 0.25) is 0 Å². The summed E-state index contributed by atoms with van der Waals surface area (Å²) < 4.78 is 34.3. The maximum absolute atomic E-state index is 12.0. The smallest absolute Gasteiger partial charge is 0.297 e. The van der Waals surface area contributed by atoms with E-state index in [1.165, 1.54) is 0 Å². The minimum atomic E-state index is -3.68. The van der Waals surface area contributed by atoms with Gasteiger partial charge < -0.3 is 4.74 Å². The number of hydrogen-bond acceptors (Lipinski definition) is 4. The Morgan fingerprint density at radius 1 is 1.20 bits per heavy atom. The molecule has 4 nitrogen and oxygen atoms in total. The number of epoxide rings is 1. The van der Waals surface area contributed by atoms with Gasteiger partial charge in [-0.2, -0.15) is 8.42 Å². The summed E-state index contributed by atoms with van der Waals surface area (Å²) in [6.07, 6.45) is 5.91. The van der Waals surface area contributed by atoms with Crippen LogP contribution in [0.25, 0.3) is 0 Å². The third-order valence-corrected chi connectivity index (χ3v) is 4.45. The average molecular weight is 296 g/mol. The summed E-state index contributed by atoms with van der Waals surface area (Å²) in [5, 5.41) is 0. The van der Waals surface area contributed by atoms with E-state index < -0.39 is 10.1 Å². The molecule has 1 aliphatic heterocycles. The predicted molar refractivity (Wildman–Crippen MR) is 77.0 cm³/mol. The Labute approximate surface area is 120 Å². The molecule has 1 aromatic carbocycles. The molecule has 1 saturated heterocycles. The SMILES string of the molecule is CC/C=C\C[C@@H]1O[C@@H]1COS(=O)(=O)c1ccc(C)cc1. The minimum absolute atomic E-state index is 0.0842. The van der Waals surface area contributed by atoms with Gasteiger partial charge in [0, 0.05) is 0 Å². The van der Waals surface area contributed by atoms with Crippen LogP contribution in [0.15, 0.2) is 41.3 Å². The van der Waals surface area contributed by atoms with Crippen molar-refractivity contribution in [3.05, 3.63) is 42.0 Å². The summed E-state index contributed by atoms with van der Waals surface area (Å²) in [6.45, 7) is 4.06. The minimum Gasteiger partial charge on any atom is -0.367 e. The number of benzene rings is 1. The second-order valence-electron chi connectivity index (χ2n) is 4.88. The largest absolute Gasteiger partial charge is 0.367 e. The molecule has 0 bridgehead atoms. The van der Waals surface area contributed by atoms with Crippen LogP contribution < -0.4 is 0 Å². The van der Waals surface area contributed by atoms with Crippen LogP contribution in [-0.2, 0) is 19.0 Å². The first-order valence-corrected chi connectivity index (χ1v) is 8.20. The molecule has 1 aliphatic rings. The number of aryl methyl sites for hydroxylation is 1. The van der Waals surface area contributed by atoms with Crippen molar-refractivity contribution in [2.75, 3.05) is 6.61 Å². The highest BCUT2D eigenvalue weighted by molar-refractivity contribution is 7.86. The number of allylic oxidation sites excluding steroid dienone is 1. The van der Waals surface area contributed by atoms with E-state index in [1.54, 1.807) is 24.3 Å². The lowest BCUT2D eigenvalue weighted by molar-refractivity contribution is 0.263. The fourth-order valence-electron chi connectivity index (χ4n) is 1.86. The Balaban J connectivity index is 1.82. The van der Waals surface area contributed by atoms with Gasteiger partial charge in [-0.25, -0.2) is 0 Å². The summed E-state index contributed by atoms with van der Waals surface area (Å²) in [5.41, 5.74) is 1.01. The average Bonchev–Trinajstić information content (AvgIpc) is 3.16. The summed E-state index contributed by atoms with van der Waals surface area (Å²) in [5.74, 6) is 0. The maximum Gasteiger partial charge on any atom is 0.297 e. The topological polar surface area (TPSA) is 55.9 Å². The second kappa shape index (κ2) is 6.52. The van der Waals surface area contributed by atoms with Gasteiger partial charge in [0.2, 0.25) is 0 Å². The van der Waals surface area contributed by atoms with E-state index in [4.69, 9.17) is 8.92 Å². The molecule has 0 aromatic heterocycles. The third kappa shape index (κ3) is 4.16. The Morgan fingerprint density at radius 2 is 1.90 bits per heavy atom. The molecule has 0 radical (unpaired) electrons. The highest BCUT2D eigenvalue weighted by atomic mass is 32.2. The van der Waals surface area contributed by atoms with E-state index in [9.17, 15) is 8.42 Å². The van der Waals surface area contributed by atoms with Crippen molar-refractivity contribution in [2.45, 2.75) is 43.8 Å². The fraction of sp³-hybridized carbons (Fsp3) is 0.467. The first-order chi connectivity index (χ1) is 9.53. The molecule has 0 unspecified atom stereocenters. The Morgan fingerprint density at radius 3 is 2.55 bits per heavy atom. The maximum atomic E-state index is 12.0. The second-order valence-corrected chi connectivity index (χ2v) is 6.50. The first-order valence-electron chi connectivity index (χ1n) is 6.79. The van der Waals surface area contributed by atoms with Crippen molar-refractivity contribution < 1.29 is 17.3 Å². The fourth-order valence-corrected chi connectivity index (χ4v) is 2.78. The van der Waals surface area contributed by atoms with Gasteiger partial charge >= 0.3 is 0 Å². The zero-order valence-electron chi connectivity index (χ0n) is 11.8.